The first-order chi connectivity index (χ1) is 6.69. The van der Waals surface area contributed by atoms with Crippen molar-refractivity contribution in [3.8, 4) is 12.1 Å². The molecular formula is C10H8ClN3. The summed E-state index contributed by atoms with van der Waals surface area (Å²) in [5.74, 6) is 0. The molecule has 0 amide bonds. The van der Waals surface area contributed by atoms with Crippen molar-refractivity contribution in [2.45, 2.75) is 12.5 Å². The molecule has 70 valence electrons. The number of nitriles is 2. The van der Waals surface area contributed by atoms with Gasteiger partial charge >= 0.3 is 0 Å². The lowest BCUT2D eigenvalue weighted by Gasteiger charge is -2.08. The van der Waals surface area contributed by atoms with Gasteiger partial charge in [0.15, 0.2) is 0 Å². The van der Waals surface area contributed by atoms with Gasteiger partial charge in [0.05, 0.1) is 23.1 Å². The highest BCUT2D eigenvalue weighted by atomic mass is 35.5. The van der Waals surface area contributed by atoms with Gasteiger partial charge in [0.1, 0.15) is 6.07 Å². The molecule has 1 atom stereocenters. The fourth-order valence-electron chi connectivity index (χ4n) is 1.08. The molecule has 0 aliphatic carbocycles. The van der Waals surface area contributed by atoms with E-state index in [9.17, 15) is 0 Å². The third-order valence-corrected chi connectivity index (χ3v) is 2.18. The number of nitrogens with zero attached hydrogens (tertiary/aromatic N) is 2. The van der Waals surface area contributed by atoms with Crippen molar-refractivity contribution in [2.75, 3.05) is 0 Å². The van der Waals surface area contributed by atoms with Gasteiger partial charge in [-0.3, -0.25) is 0 Å². The third-order valence-electron chi connectivity index (χ3n) is 1.85. The number of halogens is 1. The van der Waals surface area contributed by atoms with E-state index in [1.54, 1.807) is 18.2 Å². The molecule has 0 radical (unpaired) electrons. The van der Waals surface area contributed by atoms with Gasteiger partial charge in [-0.2, -0.15) is 10.5 Å². The highest BCUT2D eigenvalue weighted by molar-refractivity contribution is 6.31. The number of hydrogen-bond acceptors (Lipinski definition) is 3. The van der Waals surface area contributed by atoms with Gasteiger partial charge in [0.2, 0.25) is 0 Å². The zero-order valence-corrected chi connectivity index (χ0v) is 8.12. The van der Waals surface area contributed by atoms with Crippen LogP contribution < -0.4 is 5.73 Å². The number of rotatable bonds is 2. The van der Waals surface area contributed by atoms with E-state index in [4.69, 9.17) is 27.9 Å². The summed E-state index contributed by atoms with van der Waals surface area (Å²) in [5.41, 5.74) is 6.85. The van der Waals surface area contributed by atoms with Crippen molar-refractivity contribution >= 4 is 11.6 Å². The zero-order chi connectivity index (χ0) is 10.6. The van der Waals surface area contributed by atoms with Gasteiger partial charge in [-0.05, 0) is 17.7 Å². The summed E-state index contributed by atoms with van der Waals surface area (Å²) in [7, 11) is 0. The second-order valence-corrected chi connectivity index (χ2v) is 3.23. The van der Waals surface area contributed by atoms with Crippen LogP contribution in [0.1, 0.15) is 23.6 Å². The minimum atomic E-state index is -0.357. The summed E-state index contributed by atoms with van der Waals surface area (Å²) >= 11 is 5.75. The molecule has 0 saturated carbocycles. The topological polar surface area (TPSA) is 73.6 Å². The van der Waals surface area contributed by atoms with E-state index in [0.717, 1.165) is 5.56 Å². The molecule has 2 N–H and O–H groups in total. The standard InChI is InChI=1S/C10H8ClN3/c11-9-2-1-7(5-8(9)6-13)10(14)3-4-12/h1-2,5,10H,3,14H2. The van der Waals surface area contributed by atoms with Crippen LogP contribution in [0.4, 0.5) is 0 Å². The average Bonchev–Trinajstić information content (AvgIpc) is 2.19. The number of hydrogen-bond donors (Lipinski definition) is 1. The zero-order valence-electron chi connectivity index (χ0n) is 7.37. The summed E-state index contributed by atoms with van der Waals surface area (Å²) in [6.45, 7) is 0. The van der Waals surface area contributed by atoms with Crippen LogP contribution in [0.3, 0.4) is 0 Å². The molecule has 0 fully saturated rings. The summed E-state index contributed by atoms with van der Waals surface area (Å²) < 4.78 is 0. The molecule has 0 spiro atoms. The lowest BCUT2D eigenvalue weighted by atomic mass is 10.0. The molecule has 0 aromatic heterocycles. The van der Waals surface area contributed by atoms with Gasteiger partial charge in [0, 0.05) is 6.04 Å². The average molecular weight is 206 g/mol. The van der Waals surface area contributed by atoms with Crippen molar-refractivity contribution < 1.29 is 0 Å². The fourth-order valence-corrected chi connectivity index (χ4v) is 1.24. The third kappa shape index (κ3) is 2.23. The smallest absolute Gasteiger partial charge is 0.101 e. The van der Waals surface area contributed by atoms with Gasteiger partial charge in [-0.1, -0.05) is 17.7 Å². The largest absolute Gasteiger partial charge is 0.323 e. The molecule has 14 heavy (non-hydrogen) atoms. The van der Waals surface area contributed by atoms with Crippen molar-refractivity contribution in [3.05, 3.63) is 34.3 Å². The van der Waals surface area contributed by atoms with Crippen molar-refractivity contribution in [1.82, 2.24) is 0 Å². The van der Waals surface area contributed by atoms with E-state index >= 15 is 0 Å². The van der Waals surface area contributed by atoms with Crippen LogP contribution >= 0.6 is 11.6 Å². The molecule has 1 aromatic rings. The summed E-state index contributed by atoms with van der Waals surface area (Å²) in [6, 6.07) is 8.54. The molecular weight excluding hydrogens is 198 g/mol. The highest BCUT2D eigenvalue weighted by Gasteiger charge is 2.07. The number of nitrogens with two attached hydrogens (primary N) is 1. The molecule has 1 rings (SSSR count). The predicted molar refractivity (Wildman–Crippen MR) is 53.3 cm³/mol. The maximum absolute atomic E-state index is 8.71. The Morgan fingerprint density at radius 3 is 2.71 bits per heavy atom. The van der Waals surface area contributed by atoms with E-state index in [-0.39, 0.29) is 12.5 Å². The summed E-state index contributed by atoms with van der Waals surface area (Å²) in [5, 5.41) is 17.6. The van der Waals surface area contributed by atoms with E-state index in [1.807, 2.05) is 12.1 Å². The quantitative estimate of drug-likeness (QED) is 0.804. The molecule has 1 unspecified atom stereocenters. The highest BCUT2D eigenvalue weighted by Crippen LogP contribution is 2.21. The van der Waals surface area contributed by atoms with Crippen molar-refractivity contribution in [3.63, 3.8) is 0 Å². The monoisotopic (exact) mass is 205 g/mol. The van der Waals surface area contributed by atoms with E-state index < -0.39 is 0 Å². The second kappa shape index (κ2) is 4.62. The van der Waals surface area contributed by atoms with Crippen LogP contribution in [0.2, 0.25) is 5.02 Å². The first kappa shape index (κ1) is 10.5. The van der Waals surface area contributed by atoms with Crippen LogP contribution in [-0.2, 0) is 0 Å². The van der Waals surface area contributed by atoms with Crippen LogP contribution in [0.25, 0.3) is 0 Å². The molecule has 0 saturated heterocycles. The van der Waals surface area contributed by atoms with E-state index in [2.05, 4.69) is 0 Å². The molecule has 4 heteroatoms. The Labute approximate surface area is 87.3 Å². The molecule has 0 aliphatic rings. The van der Waals surface area contributed by atoms with Crippen LogP contribution in [-0.4, -0.2) is 0 Å². The van der Waals surface area contributed by atoms with Crippen LogP contribution in [0, 0.1) is 22.7 Å². The van der Waals surface area contributed by atoms with Crippen molar-refractivity contribution in [1.29, 1.82) is 10.5 Å². The first-order valence-electron chi connectivity index (χ1n) is 4.01. The Morgan fingerprint density at radius 1 is 1.43 bits per heavy atom. The van der Waals surface area contributed by atoms with Gasteiger partial charge in [0.25, 0.3) is 0 Å². The Morgan fingerprint density at radius 2 is 2.14 bits per heavy atom. The Kier molecular flexibility index (Phi) is 3.48. The molecule has 0 bridgehead atoms. The summed E-state index contributed by atoms with van der Waals surface area (Å²) in [6.07, 6.45) is 0.229. The van der Waals surface area contributed by atoms with Gasteiger partial charge in [-0.15, -0.1) is 0 Å². The molecule has 0 heterocycles. The maximum Gasteiger partial charge on any atom is 0.101 e. The minimum Gasteiger partial charge on any atom is -0.323 e. The predicted octanol–water partition coefficient (Wildman–Crippen LogP) is 2.13. The Bertz CT molecular complexity index is 414. The molecule has 0 aliphatic heterocycles. The Balaban J connectivity index is 3.03. The lowest BCUT2D eigenvalue weighted by Crippen LogP contribution is -2.09. The van der Waals surface area contributed by atoms with Crippen molar-refractivity contribution in [2.24, 2.45) is 5.73 Å². The first-order valence-corrected chi connectivity index (χ1v) is 4.39. The fraction of sp³-hybridized carbons (Fsp3) is 0.200. The summed E-state index contributed by atoms with van der Waals surface area (Å²) in [4.78, 5) is 0. The minimum absolute atomic E-state index is 0.229. The van der Waals surface area contributed by atoms with E-state index in [0.29, 0.717) is 10.6 Å². The second-order valence-electron chi connectivity index (χ2n) is 2.82. The Hall–Kier alpha value is -1.55. The van der Waals surface area contributed by atoms with Gasteiger partial charge in [-0.25, -0.2) is 0 Å². The van der Waals surface area contributed by atoms with E-state index in [1.165, 1.54) is 0 Å². The molecule has 3 nitrogen and oxygen atoms in total. The number of benzene rings is 1. The lowest BCUT2D eigenvalue weighted by molar-refractivity contribution is 0.748. The molecule has 1 aromatic carbocycles. The van der Waals surface area contributed by atoms with Crippen LogP contribution in [0.15, 0.2) is 18.2 Å². The van der Waals surface area contributed by atoms with Gasteiger partial charge < -0.3 is 5.73 Å². The SMILES string of the molecule is N#CCC(N)c1ccc(Cl)c(C#N)c1. The van der Waals surface area contributed by atoms with Crippen LogP contribution in [0.5, 0.6) is 0 Å². The maximum atomic E-state index is 8.71. The normalized spacial score (nSPS) is 11.4.